The molecule has 0 heterocycles. The van der Waals surface area contributed by atoms with E-state index in [0.29, 0.717) is 5.56 Å². The number of rotatable bonds is 4. The average molecular weight is 255 g/mol. The van der Waals surface area contributed by atoms with Crippen LogP contribution in [0.25, 0.3) is 0 Å². The average Bonchev–Trinajstić information content (AvgIpc) is 2.20. The predicted molar refractivity (Wildman–Crippen MR) is 65.6 cm³/mol. The molecule has 0 spiro atoms. The van der Waals surface area contributed by atoms with Gasteiger partial charge in [-0.05, 0) is 39.0 Å². The summed E-state index contributed by atoms with van der Waals surface area (Å²) in [6.45, 7) is 5.55. The van der Waals surface area contributed by atoms with Gasteiger partial charge >= 0.3 is 5.97 Å². The number of hydrogen-bond acceptors (Lipinski definition) is 4. The Labute approximate surface area is 106 Å². The van der Waals surface area contributed by atoms with Crippen LogP contribution in [-0.4, -0.2) is 23.2 Å². The summed E-state index contributed by atoms with van der Waals surface area (Å²) >= 11 is 0. The minimum absolute atomic E-state index is 0.00640. The SMILES string of the molecule is CC(C)(C)OC(=O)CNCc1cc(F)ccc1O. The maximum absolute atomic E-state index is 12.9. The first-order valence-corrected chi connectivity index (χ1v) is 5.68. The summed E-state index contributed by atoms with van der Waals surface area (Å²) in [5.41, 5.74) is -0.127. The summed E-state index contributed by atoms with van der Waals surface area (Å²) in [6, 6.07) is 3.67. The smallest absolute Gasteiger partial charge is 0.320 e. The zero-order valence-electron chi connectivity index (χ0n) is 10.8. The predicted octanol–water partition coefficient (Wildman–Crippen LogP) is 1.96. The number of phenols is 1. The molecule has 1 rings (SSSR count). The zero-order valence-corrected chi connectivity index (χ0v) is 10.8. The highest BCUT2D eigenvalue weighted by Crippen LogP contribution is 2.17. The molecule has 0 amide bonds. The van der Waals surface area contributed by atoms with Gasteiger partial charge in [-0.3, -0.25) is 4.79 Å². The normalized spacial score (nSPS) is 11.3. The first-order chi connectivity index (χ1) is 8.28. The molecular formula is C13H18FNO3. The van der Waals surface area contributed by atoms with Gasteiger partial charge in [0.05, 0.1) is 6.54 Å². The lowest BCUT2D eigenvalue weighted by Crippen LogP contribution is -2.31. The van der Waals surface area contributed by atoms with Crippen molar-refractivity contribution in [3.05, 3.63) is 29.6 Å². The number of aromatic hydroxyl groups is 1. The molecule has 0 saturated carbocycles. The van der Waals surface area contributed by atoms with Crippen molar-refractivity contribution in [3.8, 4) is 5.75 Å². The van der Waals surface area contributed by atoms with Gasteiger partial charge in [-0.15, -0.1) is 0 Å². The summed E-state index contributed by atoms with van der Waals surface area (Å²) in [4.78, 5) is 11.4. The number of carbonyl (C=O) groups is 1. The molecule has 2 N–H and O–H groups in total. The van der Waals surface area contributed by atoms with Gasteiger partial charge in [-0.1, -0.05) is 0 Å². The van der Waals surface area contributed by atoms with Gasteiger partial charge in [-0.2, -0.15) is 0 Å². The highest BCUT2D eigenvalue weighted by atomic mass is 19.1. The number of halogens is 1. The molecule has 0 fully saturated rings. The highest BCUT2D eigenvalue weighted by molar-refractivity contribution is 5.72. The first-order valence-electron chi connectivity index (χ1n) is 5.68. The number of ether oxygens (including phenoxy) is 1. The van der Waals surface area contributed by atoms with Crippen LogP contribution in [0.15, 0.2) is 18.2 Å². The minimum atomic E-state index is -0.528. The molecule has 0 aliphatic heterocycles. The van der Waals surface area contributed by atoms with Crippen LogP contribution in [0.4, 0.5) is 4.39 Å². The number of hydrogen-bond donors (Lipinski definition) is 2. The van der Waals surface area contributed by atoms with E-state index in [-0.39, 0.29) is 18.8 Å². The molecule has 100 valence electrons. The monoisotopic (exact) mass is 255 g/mol. The number of benzene rings is 1. The molecule has 0 aliphatic carbocycles. The number of esters is 1. The molecule has 0 bridgehead atoms. The Hall–Kier alpha value is -1.62. The van der Waals surface area contributed by atoms with E-state index in [4.69, 9.17) is 4.74 Å². The van der Waals surface area contributed by atoms with Crippen molar-refractivity contribution in [2.24, 2.45) is 0 Å². The topological polar surface area (TPSA) is 58.6 Å². The lowest BCUT2D eigenvalue weighted by atomic mass is 10.2. The molecule has 4 nitrogen and oxygen atoms in total. The fourth-order valence-corrected chi connectivity index (χ4v) is 1.37. The third-order valence-electron chi connectivity index (χ3n) is 2.05. The summed E-state index contributed by atoms with van der Waals surface area (Å²) in [7, 11) is 0. The fourth-order valence-electron chi connectivity index (χ4n) is 1.37. The van der Waals surface area contributed by atoms with Crippen LogP contribution < -0.4 is 5.32 Å². The van der Waals surface area contributed by atoms with E-state index in [2.05, 4.69) is 5.32 Å². The Balaban J connectivity index is 2.42. The largest absolute Gasteiger partial charge is 0.508 e. The Bertz CT molecular complexity index is 427. The van der Waals surface area contributed by atoms with Gasteiger partial charge in [0.1, 0.15) is 17.2 Å². The molecule has 0 aromatic heterocycles. The molecule has 0 radical (unpaired) electrons. The van der Waals surface area contributed by atoms with Crippen LogP contribution in [0, 0.1) is 5.82 Å². The zero-order chi connectivity index (χ0) is 13.8. The van der Waals surface area contributed by atoms with Gasteiger partial charge in [0.15, 0.2) is 0 Å². The van der Waals surface area contributed by atoms with Crippen molar-refractivity contribution < 1.29 is 19.0 Å². The van der Waals surface area contributed by atoms with Crippen molar-refractivity contribution in [1.82, 2.24) is 5.32 Å². The molecule has 1 aromatic rings. The van der Waals surface area contributed by atoms with E-state index >= 15 is 0 Å². The van der Waals surface area contributed by atoms with Gasteiger partial charge in [0.25, 0.3) is 0 Å². The standard InChI is InChI=1S/C13H18FNO3/c1-13(2,3)18-12(17)8-15-7-9-6-10(14)4-5-11(9)16/h4-6,15-16H,7-8H2,1-3H3. The molecule has 5 heteroatoms. The van der Waals surface area contributed by atoms with Crippen molar-refractivity contribution in [1.29, 1.82) is 0 Å². The first kappa shape index (κ1) is 14.4. The van der Waals surface area contributed by atoms with Crippen LogP contribution in [0.1, 0.15) is 26.3 Å². The summed E-state index contributed by atoms with van der Waals surface area (Å²) in [5.74, 6) is -0.826. The van der Waals surface area contributed by atoms with E-state index < -0.39 is 17.4 Å². The second-order valence-electron chi connectivity index (χ2n) is 4.96. The maximum atomic E-state index is 12.9. The Morgan fingerprint density at radius 2 is 2.11 bits per heavy atom. The van der Waals surface area contributed by atoms with E-state index in [1.165, 1.54) is 18.2 Å². The van der Waals surface area contributed by atoms with Gasteiger partial charge in [0.2, 0.25) is 0 Å². The third kappa shape index (κ3) is 5.14. The van der Waals surface area contributed by atoms with Crippen LogP contribution in [0.2, 0.25) is 0 Å². The molecule has 1 aromatic carbocycles. The van der Waals surface area contributed by atoms with Crippen molar-refractivity contribution in [2.45, 2.75) is 32.9 Å². The Kier molecular flexibility index (Phi) is 4.67. The number of carbonyl (C=O) groups excluding carboxylic acids is 1. The van der Waals surface area contributed by atoms with Crippen LogP contribution in [-0.2, 0) is 16.1 Å². The summed E-state index contributed by atoms with van der Waals surface area (Å²) in [5, 5.41) is 12.3. The van der Waals surface area contributed by atoms with Crippen molar-refractivity contribution in [2.75, 3.05) is 6.54 Å². The Morgan fingerprint density at radius 3 is 2.72 bits per heavy atom. The lowest BCUT2D eigenvalue weighted by molar-refractivity contribution is -0.153. The minimum Gasteiger partial charge on any atom is -0.508 e. The molecule has 0 aliphatic rings. The fraction of sp³-hybridized carbons (Fsp3) is 0.462. The van der Waals surface area contributed by atoms with Crippen molar-refractivity contribution >= 4 is 5.97 Å². The van der Waals surface area contributed by atoms with Gasteiger partial charge in [0, 0.05) is 12.1 Å². The van der Waals surface area contributed by atoms with E-state index in [1.807, 2.05) is 0 Å². The van der Waals surface area contributed by atoms with Crippen LogP contribution >= 0.6 is 0 Å². The van der Waals surface area contributed by atoms with Crippen LogP contribution in [0.3, 0.4) is 0 Å². The third-order valence-corrected chi connectivity index (χ3v) is 2.05. The molecule has 0 saturated heterocycles. The summed E-state index contributed by atoms with van der Waals surface area (Å²) in [6.07, 6.45) is 0. The molecule has 18 heavy (non-hydrogen) atoms. The van der Waals surface area contributed by atoms with E-state index in [1.54, 1.807) is 20.8 Å². The second kappa shape index (κ2) is 5.82. The maximum Gasteiger partial charge on any atom is 0.320 e. The van der Waals surface area contributed by atoms with E-state index in [0.717, 1.165) is 0 Å². The number of phenolic OH excluding ortho intramolecular Hbond substituents is 1. The number of nitrogens with one attached hydrogen (secondary N) is 1. The highest BCUT2D eigenvalue weighted by Gasteiger charge is 2.15. The quantitative estimate of drug-likeness (QED) is 0.807. The van der Waals surface area contributed by atoms with Gasteiger partial charge < -0.3 is 15.2 Å². The Morgan fingerprint density at radius 1 is 1.44 bits per heavy atom. The molecular weight excluding hydrogens is 237 g/mol. The molecule has 0 unspecified atom stereocenters. The molecule has 0 atom stereocenters. The van der Waals surface area contributed by atoms with E-state index in [9.17, 15) is 14.3 Å². The van der Waals surface area contributed by atoms with Gasteiger partial charge in [-0.25, -0.2) is 4.39 Å². The van der Waals surface area contributed by atoms with Crippen LogP contribution in [0.5, 0.6) is 5.75 Å². The second-order valence-corrected chi connectivity index (χ2v) is 4.96. The lowest BCUT2D eigenvalue weighted by Gasteiger charge is -2.19. The van der Waals surface area contributed by atoms with Crippen molar-refractivity contribution in [3.63, 3.8) is 0 Å². The summed E-state index contributed by atoms with van der Waals surface area (Å²) < 4.78 is 18.0.